The Morgan fingerprint density at radius 1 is 1.67 bits per heavy atom. The highest BCUT2D eigenvalue weighted by atomic mass is 32.1. The molecule has 1 fully saturated rings. The van der Waals surface area contributed by atoms with Gasteiger partial charge in [-0.2, -0.15) is 4.37 Å². The first-order valence-electron chi connectivity index (χ1n) is 5.50. The third kappa shape index (κ3) is 2.89. The molecule has 84 valence electrons. The van der Waals surface area contributed by atoms with Crippen molar-refractivity contribution in [3.8, 4) is 0 Å². The molecule has 15 heavy (non-hydrogen) atoms. The second-order valence-electron chi connectivity index (χ2n) is 4.37. The Hall–Kier alpha value is -0.680. The lowest BCUT2D eigenvalue weighted by Crippen LogP contribution is -2.29. The number of rotatable bonds is 4. The summed E-state index contributed by atoms with van der Waals surface area (Å²) in [6, 6.07) is 0.677. The molecule has 2 rings (SSSR count). The van der Waals surface area contributed by atoms with Gasteiger partial charge < -0.3 is 10.2 Å². The van der Waals surface area contributed by atoms with Crippen molar-refractivity contribution in [1.82, 2.24) is 14.3 Å². The molecule has 0 spiro atoms. The Morgan fingerprint density at radius 2 is 2.53 bits per heavy atom. The fourth-order valence-corrected chi connectivity index (χ4v) is 2.42. The van der Waals surface area contributed by atoms with Gasteiger partial charge in [0.25, 0.3) is 0 Å². The quantitative estimate of drug-likeness (QED) is 0.848. The molecule has 1 unspecified atom stereocenters. The van der Waals surface area contributed by atoms with E-state index in [0.717, 1.165) is 17.6 Å². The molecule has 0 amide bonds. The summed E-state index contributed by atoms with van der Waals surface area (Å²) < 4.78 is 3.97. The van der Waals surface area contributed by atoms with E-state index in [1.807, 2.05) is 0 Å². The van der Waals surface area contributed by atoms with Gasteiger partial charge in [-0.1, -0.05) is 0 Å². The smallest absolute Gasteiger partial charge is 0.202 e. The van der Waals surface area contributed by atoms with Crippen LogP contribution in [0.1, 0.15) is 20.3 Å². The molecule has 1 aromatic rings. The lowest BCUT2D eigenvalue weighted by Gasteiger charge is -2.20. The average Bonchev–Trinajstić information content (AvgIpc) is 2.86. The molecule has 1 aliphatic rings. The van der Waals surface area contributed by atoms with Gasteiger partial charge in [-0.15, -0.1) is 0 Å². The third-order valence-electron chi connectivity index (χ3n) is 2.95. The van der Waals surface area contributed by atoms with Crippen LogP contribution in [0.25, 0.3) is 0 Å². The van der Waals surface area contributed by atoms with Crippen molar-refractivity contribution in [1.29, 1.82) is 0 Å². The van der Waals surface area contributed by atoms with Crippen LogP contribution in [0.4, 0.5) is 5.13 Å². The molecule has 0 aliphatic carbocycles. The van der Waals surface area contributed by atoms with E-state index >= 15 is 0 Å². The normalized spacial score (nSPS) is 22.5. The molecule has 2 heterocycles. The largest absolute Gasteiger partial charge is 0.360 e. The van der Waals surface area contributed by atoms with E-state index in [0.29, 0.717) is 6.04 Å². The van der Waals surface area contributed by atoms with Gasteiger partial charge in [-0.05, 0) is 32.7 Å². The van der Waals surface area contributed by atoms with Crippen molar-refractivity contribution < 1.29 is 0 Å². The molecular formula is C10H18N4S. The van der Waals surface area contributed by atoms with Crippen LogP contribution < -0.4 is 5.32 Å². The molecule has 1 aromatic heterocycles. The number of hydrogen-bond acceptors (Lipinski definition) is 5. The fraction of sp³-hybridized carbons (Fsp3) is 0.800. The Balaban J connectivity index is 1.73. The maximum atomic E-state index is 4.11. The first-order valence-corrected chi connectivity index (χ1v) is 6.27. The van der Waals surface area contributed by atoms with Crippen LogP contribution in [-0.2, 0) is 0 Å². The lowest BCUT2D eigenvalue weighted by atomic mass is 10.1. The predicted molar refractivity (Wildman–Crippen MR) is 63.2 cm³/mol. The SMILES string of the molecule is CC(C)N1CCC(CNc2ncns2)C1. The van der Waals surface area contributed by atoms with Crippen LogP contribution >= 0.6 is 11.5 Å². The van der Waals surface area contributed by atoms with Gasteiger partial charge in [0.15, 0.2) is 0 Å². The summed E-state index contributed by atoms with van der Waals surface area (Å²) >= 11 is 1.43. The van der Waals surface area contributed by atoms with Gasteiger partial charge in [-0.3, -0.25) is 0 Å². The van der Waals surface area contributed by atoms with Crippen LogP contribution in [0.15, 0.2) is 6.33 Å². The molecule has 0 saturated carbocycles. The van der Waals surface area contributed by atoms with Crippen molar-refractivity contribution in [2.45, 2.75) is 26.3 Å². The minimum absolute atomic E-state index is 0.677. The Kier molecular flexibility index (Phi) is 3.53. The summed E-state index contributed by atoms with van der Waals surface area (Å²) in [5.41, 5.74) is 0. The summed E-state index contributed by atoms with van der Waals surface area (Å²) in [4.78, 5) is 6.65. The maximum absolute atomic E-state index is 4.11. The number of nitrogens with zero attached hydrogens (tertiary/aromatic N) is 3. The van der Waals surface area contributed by atoms with Crippen molar-refractivity contribution in [3.63, 3.8) is 0 Å². The lowest BCUT2D eigenvalue weighted by molar-refractivity contribution is 0.266. The van der Waals surface area contributed by atoms with E-state index in [1.165, 1.54) is 31.0 Å². The zero-order valence-electron chi connectivity index (χ0n) is 9.31. The van der Waals surface area contributed by atoms with Crippen molar-refractivity contribution in [2.24, 2.45) is 5.92 Å². The predicted octanol–water partition coefficient (Wildman–Crippen LogP) is 1.68. The number of likely N-dealkylation sites (tertiary alicyclic amines) is 1. The van der Waals surface area contributed by atoms with Crippen LogP contribution in [0.5, 0.6) is 0 Å². The van der Waals surface area contributed by atoms with E-state index in [4.69, 9.17) is 0 Å². The number of anilines is 1. The zero-order valence-corrected chi connectivity index (χ0v) is 10.1. The molecule has 1 aliphatic heterocycles. The highest BCUT2D eigenvalue weighted by Crippen LogP contribution is 2.19. The van der Waals surface area contributed by atoms with Gasteiger partial charge in [0.1, 0.15) is 6.33 Å². The molecule has 0 aromatic carbocycles. The molecule has 1 atom stereocenters. The van der Waals surface area contributed by atoms with E-state index in [1.54, 1.807) is 6.33 Å². The summed E-state index contributed by atoms with van der Waals surface area (Å²) in [5, 5.41) is 4.29. The van der Waals surface area contributed by atoms with Crippen molar-refractivity contribution in [2.75, 3.05) is 25.0 Å². The summed E-state index contributed by atoms with van der Waals surface area (Å²) in [6.45, 7) is 8.00. The Labute approximate surface area is 94.9 Å². The van der Waals surface area contributed by atoms with Gasteiger partial charge in [0, 0.05) is 30.7 Å². The second-order valence-corrected chi connectivity index (χ2v) is 5.15. The molecule has 5 heteroatoms. The summed E-state index contributed by atoms with van der Waals surface area (Å²) in [7, 11) is 0. The maximum Gasteiger partial charge on any atom is 0.202 e. The molecular weight excluding hydrogens is 208 g/mol. The van der Waals surface area contributed by atoms with Gasteiger partial charge >= 0.3 is 0 Å². The first-order chi connectivity index (χ1) is 7.25. The minimum Gasteiger partial charge on any atom is -0.360 e. The van der Waals surface area contributed by atoms with Crippen LogP contribution in [-0.4, -0.2) is 39.9 Å². The molecule has 1 N–H and O–H groups in total. The Bertz CT molecular complexity index is 286. The second kappa shape index (κ2) is 4.90. The van der Waals surface area contributed by atoms with E-state index in [-0.39, 0.29) is 0 Å². The molecule has 4 nitrogen and oxygen atoms in total. The number of aromatic nitrogens is 2. The van der Waals surface area contributed by atoms with Crippen LogP contribution in [0.3, 0.4) is 0 Å². The summed E-state index contributed by atoms with van der Waals surface area (Å²) in [6.07, 6.45) is 2.89. The van der Waals surface area contributed by atoms with Crippen LogP contribution in [0, 0.1) is 5.92 Å². The Morgan fingerprint density at radius 3 is 3.13 bits per heavy atom. The fourth-order valence-electron chi connectivity index (χ4n) is 1.98. The van der Waals surface area contributed by atoms with Gasteiger partial charge in [0.05, 0.1) is 0 Å². The molecule has 1 saturated heterocycles. The highest BCUT2D eigenvalue weighted by molar-refractivity contribution is 7.09. The highest BCUT2D eigenvalue weighted by Gasteiger charge is 2.23. The first kappa shape index (κ1) is 10.8. The topological polar surface area (TPSA) is 41.0 Å². The van der Waals surface area contributed by atoms with Gasteiger partial charge in [0.2, 0.25) is 5.13 Å². The zero-order chi connectivity index (χ0) is 10.7. The van der Waals surface area contributed by atoms with Crippen molar-refractivity contribution in [3.05, 3.63) is 6.33 Å². The standard InChI is InChI=1S/C10H18N4S/c1-8(2)14-4-3-9(6-14)5-11-10-12-7-13-15-10/h7-9H,3-6H2,1-2H3,(H,11,12,13). The van der Waals surface area contributed by atoms with Gasteiger partial charge in [-0.25, -0.2) is 4.98 Å². The molecule has 0 bridgehead atoms. The van der Waals surface area contributed by atoms with E-state index in [9.17, 15) is 0 Å². The van der Waals surface area contributed by atoms with E-state index in [2.05, 4.69) is 33.4 Å². The van der Waals surface area contributed by atoms with E-state index < -0.39 is 0 Å². The third-order valence-corrected chi connectivity index (χ3v) is 3.57. The molecule has 0 radical (unpaired) electrons. The average molecular weight is 226 g/mol. The van der Waals surface area contributed by atoms with Crippen molar-refractivity contribution >= 4 is 16.7 Å². The number of nitrogens with one attached hydrogen (secondary N) is 1. The monoisotopic (exact) mass is 226 g/mol. The van der Waals surface area contributed by atoms with Crippen LogP contribution in [0.2, 0.25) is 0 Å². The number of hydrogen-bond donors (Lipinski definition) is 1. The summed E-state index contributed by atoms with van der Waals surface area (Å²) in [5.74, 6) is 0.760. The minimum atomic E-state index is 0.677.